The van der Waals surface area contributed by atoms with E-state index in [0.29, 0.717) is 6.42 Å². The normalized spacial score (nSPS) is 12.2. The van der Waals surface area contributed by atoms with E-state index in [1.54, 1.807) is 26.0 Å². The van der Waals surface area contributed by atoms with Gasteiger partial charge < -0.3 is 4.74 Å². The molecule has 0 heterocycles. The highest BCUT2D eigenvalue weighted by atomic mass is 19.1. The Kier molecular flexibility index (Phi) is 3.63. The van der Waals surface area contributed by atoms with Crippen LogP contribution >= 0.6 is 0 Å². The molecular formula is C11H13FO2. The largest absolute Gasteiger partial charge is 0.458 e. The molecule has 0 aliphatic rings. The maximum Gasteiger partial charge on any atom is 0.306 e. The lowest BCUT2D eigenvalue weighted by molar-refractivity contribution is -0.148. The molecule has 1 rings (SSSR count). The molecule has 0 bridgehead atoms. The van der Waals surface area contributed by atoms with E-state index in [4.69, 9.17) is 4.74 Å². The van der Waals surface area contributed by atoms with Gasteiger partial charge in [-0.3, -0.25) is 4.79 Å². The minimum absolute atomic E-state index is 0.248. The number of ether oxygens (including phenoxy) is 1. The number of carbonyl (C=O) groups excluding carboxylic acids is 1. The average Bonchev–Trinajstić information content (AvgIpc) is 2.18. The average molecular weight is 196 g/mol. The van der Waals surface area contributed by atoms with Crippen molar-refractivity contribution >= 4 is 5.97 Å². The van der Waals surface area contributed by atoms with Crippen molar-refractivity contribution in [3.8, 4) is 0 Å². The molecule has 0 aliphatic heterocycles. The fraction of sp³-hybridized carbons (Fsp3) is 0.364. The van der Waals surface area contributed by atoms with Crippen LogP contribution in [0.2, 0.25) is 0 Å². The van der Waals surface area contributed by atoms with Crippen LogP contribution < -0.4 is 0 Å². The van der Waals surface area contributed by atoms with Crippen LogP contribution in [0.25, 0.3) is 0 Å². The van der Waals surface area contributed by atoms with Gasteiger partial charge in [0.1, 0.15) is 11.9 Å². The zero-order valence-corrected chi connectivity index (χ0v) is 8.29. The lowest BCUT2D eigenvalue weighted by Crippen LogP contribution is -2.07. The molecular weight excluding hydrogens is 183 g/mol. The first-order valence-corrected chi connectivity index (χ1v) is 4.58. The third-order valence-corrected chi connectivity index (χ3v) is 1.94. The van der Waals surface area contributed by atoms with Crippen molar-refractivity contribution in [1.82, 2.24) is 0 Å². The third kappa shape index (κ3) is 2.83. The molecule has 1 atom stereocenters. The Bertz CT molecular complexity index is 306. The maximum absolute atomic E-state index is 12.6. The number of esters is 1. The van der Waals surface area contributed by atoms with E-state index in [1.165, 1.54) is 12.1 Å². The molecule has 0 spiro atoms. The van der Waals surface area contributed by atoms with Crippen LogP contribution in [0.15, 0.2) is 24.3 Å². The van der Waals surface area contributed by atoms with E-state index < -0.39 is 0 Å². The summed E-state index contributed by atoms with van der Waals surface area (Å²) in [6.07, 6.45) is 0.0361. The Morgan fingerprint density at radius 3 is 2.50 bits per heavy atom. The molecule has 0 N–H and O–H groups in total. The predicted octanol–water partition coefficient (Wildman–Crippen LogP) is 2.84. The first-order valence-electron chi connectivity index (χ1n) is 4.58. The Morgan fingerprint density at radius 2 is 2.00 bits per heavy atom. The smallest absolute Gasteiger partial charge is 0.306 e. The predicted molar refractivity (Wildman–Crippen MR) is 51.2 cm³/mol. The van der Waals surface area contributed by atoms with Crippen LogP contribution in [0.1, 0.15) is 31.9 Å². The Morgan fingerprint density at radius 1 is 1.43 bits per heavy atom. The van der Waals surface area contributed by atoms with Crippen LogP contribution in [0, 0.1) is 5.82 Å². The van der Waals surface area contributed by atoms with E-state index in [0.717, 1.165) is 5.56 Å². The van der Waals surface area contributed by atoms with Gasteiger partial charge in [0.25, 0.3) is 0 Å². The molecule has 3 heteroatoms. The van der Waals surface area contributed by atoms with Crippen LogP contribution in [0.4, 0.5) is 4.39 Å². The van der Waals surface area contributed by atoms with Gasteiger partial charge in [0, 0.05) is 6.42 Å². The van der Waals surface area contributed by atoms with E-state index >= 15 is 0 Å². The summed E-state index contributed by atoms with van der Waals surface area (Å²) < 4.78 is 17.6. The summed E-state index contributed by atoms with van der Waals surface area (Å²) in [5.74, 6) is -0.537. The number of rotatable bonds is 3. The van der Waals surface area contributed by atoms with Gasteiger partial charge in [-0.1, -0.05) is 19.1 Å². The molecule has 0 saturated heterocycles. The Hall–Kier alpha value is -1.38. The topological polar surface area (TPSA) is 26.3 Å². The summed E-state index contributed by atoms with van der Waals surface area (Å²) >= 11 is 0. The quantitative estimate of drug-likeness (QED) is 0.695. The van der Waals surface area contributed by atoms with Crippen molar-refractivity contribution < 1.29 is 13.9 Å². The Balaban J connectivity index is 2.65. The second-order valence-corrected chi connectivity index (χ2v) is 3.04. The molecule has 0 aliphatic carbocycles. The zero-order chi connectivity index (χ0) is 10.6. The van der Waals surface area contributed by atoms with Crippen molar-refractivity contribution in [2.75, 3.05) is 0 Å². The van der Waals surface area contributed by atoms with Crippen molar-refractivity contribution in [2.45, 2.75) is 26.4 Å². The molecule has 76 valence electrons. The minimum Gasteiger partial charge on any atom is -0.458 e. The van der Waals surface area contributed by atoms with Gasteiger partial charge in [0.2, 0.25) is 0 Å². The molecule has 0 radical (unpaired) electrons. The first-order chi connectivity index (χ1) is 6.63. The molecule has 0 saturated carbocycles. The summed E-state index contributed by atoms with van der Waals surface area (Å²) in [6, 6.07) is 5.93. The van der Waals surface area contributed by atoms with Crippen molar-refractivity contribution in [3.05, 3.63) is 35.6 Å². The fourth-order valence-corrected chi connectivity index (χ4v) is 1.08. The number of benzene rings is 1. The highest BCUT2D eigenvalue weighted by molar-refractivity contribution is 5.69. The fourth-order valence-electron chi connectivity index (χ4n) is 1.08. The van der Waals surface area contributed by atoms with Crippen LogP contribution in [-0.2, 0) is 9.53 Å². The summed E-state index contributed by atoms with van der Waals surface area (Å²) in [5.41, 5.74) is 0.799. The molecule has 2 nitrogen and oxygen atoms in total. The van der Waals surface area contributed by atoms with Crippen LogP contribution in [-0.4, -0.2) is 5.97 Å². The van der Waals surface area contributed by atoms with Gasteiger partial charge in [0.05, 0.1) is 0 Å². The highest BCUT2D eigenvalue weighted by Gasteiger charge is 2.09. The van der Waals surface area contributed by atoms with Crippen LogP contribution in [0.3, 0.4) is 0 Å². The molecule has 0 amide bonds. The minimum atomic E-state index is -0.317. The SMILES string of the molecule is CCC(=O)OC(C)c1ccc(F)cc1. The highest BCUT2D eigenvalue weighted by Crippen LogP contribution is 2.17. The second-order valence-electron chi connectivity index (χ2n) is 3.04. The van der Waals surface area contributed by atoms with Crippen molar-refractivity contribution in [1.29, 1.82) is 0 Å². The molecule has 1 aromatic carbocycles. The maximum atomic E-state index is 12.6. The lowest BCUT2D eigenvalue weighted by atomic mass is 10.1. The zero-order valence-electron chi connectivity index (χ0n) is 8.29. The van der Waals surface area contributed by atoms with E-state index in [9.17, 15) is 9.18 Å². The number of halogens is 1. The van der Waals surface area contributed by atoms with Crippen molar-refractivity contribution in [3.63, 3.8) is 0 Å². The standard InChI is InChI=1S/C11H13FO2/c1-3-11(13)14-8(2)9-4-6-10(12)7-5-9/h4-8H,3H2,1-2H3. The monoisotopic (exact) mass is 196 g/mol. The second kappa shape index (κ2) is 4.74. The third-order valence-electron chi connectivity index (χ3n) is 1.94. The van der Waals surface area contributed by atoms with Gasteiger partial charge in [-0.2, -0.15) is 0 Å². The molecule has 1 unspecified atom stereocenters. The van der Waals surface area contributed by atoms with Gasteiger partial charge in [0.15, 0.2) is 0 Å². The summed E-state index contributed by atoms with van der Waals surface area (Å²) in [4.78, 5) is 11.0. The van der Waals surface area contributed by atoms with Gasteiger partial charge in [-0.15, -0.1) is 0 Å². The van der Waals surface area contributed by atoms with E-state index in [1.807, 2.05) is 0 Å². The molecule has 0 fully saturated rings. The van der Waals surface area contributed by atoms with Gasteiger partial charge in [-0.25, -0.2) is 4.39 Å². The van der Waals surface area contributed by atoms with E-state index in [2.05, 4.69) is 0 Å². The molecule has 0 aromatic heterocycles. The van der Waals surface area contributed by atoms with Gasteiger partial charge >= 0.3 is 5.97 Å². The van der Waals surface area contributed by atoms with E-state index in [-0.39, 0.29) is 17.9 Å². The van der Waals surface area contributed by atoms with Crippen LogP contribution in [0.5, 0.6) is 0 Å². The van der Waals surface area contributed by atoms with Gasteiger partial charge in [-0.05, 0) is 24.6 Å². The number of hydrogen-bond donors (Lipinski definition) is 0. The first kappa shape index (κ1) is 10.7. The molecule has 14 heavy (non-hydrogen) atoms. The number of carbonyl (C=O) groups is 1. The molecule has 1 aromatic rings. The summed E-state index contributed by atoms with van der Waals surface area (Å²) in [7, 11) is 0. The summed E-state index contributed by atoms with van der Waals surface area (Å²) in [5, 5.41) is 0. The van der Waals surface area contributed by atoms with Crippen molar-refractivity contribution in [2.24, 2.45) is 0 Å². The Labute approximate surface area is 82.7 Å². The summed E-state index contributed by atoms with van der Waals surface area (Å²) in [6.45, 7) is 3.50. The number of hydrogen-bond acceptors (Lipinski definition) is 2. The lowest BCUT2D eigenvalue weighted by Gasteiger charge is -2.12.